The standard InChI is InChI=1S/C12H16N4/c13-5-2-1-3-6-16-7-4-11-8-14-10-15-12(11)9-16/h8,10H,1-4,6-7,9H2. The molecule has 1 aromatic heterocycles. The minimum absolute atomic E-state index is 0.673. The quantitative estimate of drug-likeness (QED) is 0.716. The van der Waals surface area contributed by atoms with Gasteiger partial charge in [-0.15, -0.1) is 0 Å². The molecule has 0 N–H and O–H groups in total. The summed E-state index contributed by atoms with van der Waals surface area (Å²) in [6.07, 6.45) is 7.38. The Kier molecular flexibility index (Phi) is 3.84. The first-order valence-electron chi connectivity index (χ1n) is 5.77. The largest absolute Gasteiger partial charge is 0.297 e. The van der Waals surface area contributed by atoms with E-state index in [0.29, 0.717) is 6.42 Å². The van der Waals surface area contributed by atoms with Gasteiger partial charge >= 0.3 is 0 Å². The summed E-state index contributed by atoms with van der Waals surface area (Å²) in [7, 11) is 0. The van der Waals surface area contributed by atoms with Gasteiger partial charge in [-0.05, 0) is 31.4 Å². The molecule has 16 heavy (non-hydrogen) atoms. The molecule has 0 aromatic carbocycles. The Balaban J connectivity index is 1.82. The van der Waals surface area contributed by atoms with Crippen LogP contribution >= 0.6 is 0 Å². The molecule has 0 saturated heterocycles. The maximum Gasteiger partial charge on any atom is 0.115 e. The van der Waals surface area contributed by atoms with Crippen molar-refractivity contribution in [3.63, 3.8) is 0 Å². The van der Waals surface area contributed by atoms with Gasteiger partial charge in [0.2, 0.25) is 0 Å². The average Bonchev–Trinajstić information content (AvgIpc) is 2.34. The van der Waals surface area contributed by atoms with Gasteiger partial charge in [0.15, 0.2) is 0 Å². The lowest BCUT2D eigenvalue weighted by Crippen LogP contribution is -2.32. The molecule has 4 nitrogen and oxygen atoms in total. The number of nitrogens with zero attached hydrogens (tertiary/aromatic N) is 4. The first-order valence-corrected chi connectivity index (χ1v) is 5.77. The van der Waals surface area contributed by atoms with E-state index < -0.39 is 0 Å². The summed E-state index contributed by atoms with van der Waals surface area (Å²) in [5.41, 5.74) is 2.46. The fourth-order valence-corrected chi connectivity index (χ4v) is 2.03. The van der Waals surface area contributed by atoms with Crippen molar-refractivity contribution < 1.29 is 0 Å². The molecule has 0 aliphatic carbocycles. The summed E-state index contributed by atoms with van der Waals surface area (Å²) in [4.78, 5) is 10.8. The van der Waals surface area contributed by atoms with Crippen LogP contribution in [-0.2, 0) is 13.0 Å². The van der Waals surface area contributed by atoms with Crippen LogP contribution in [0.1, 0.15) is 30.5 Å². The molecule has 1 aromatic rings. The Bertz CT molecular complexity index is 383. The molecule has 0 amide bonds. The number of hydrogen-bond acceptors (Lipinski definition) is 4. The Morgan fingerprint density at radius 3 is 3.25 bits per heavy atom. The molecular weight excluding hydrogens is 200 g/mol. The molecule has 0 saturated carbocycles. The Labute approximate surface area is 95.9 Å². The lowest BCUT2D eigenvalue weighted by Gasteiger charge is -2.27. The zero-order valence-electron chi connectivity index (χ0n) is 9.39. The van der Waals surface area contributed by atoms with Crippen molar-refractivity contribution >= 4 is 0 Å². The number of rotatable bonds is 4. The maximum absolute atomic E-state index is 8.45. The third kappa shape index (κ3) is 2.77. The molecule has 2 rings (SSSR count). The van der Waals surface area contributed by atoms with Crippen LogP contribution < -0.4 is 0 Å². The fraction of sp³-hybridized carbons (Fsp3) is 0.583. The van der Waals surface area contributed by atoms with E-state index in [-0.39, 0.29) is 0 Å². The van der Waals surface area contributed by atoms with E-state index in [4.69, 9.17) is 5.26 Å². The van der Waals surface area contributed by atoms with E-state index >= 15 is 0 Å². The number of aromatic nitrogens is 2. The van der Waals surface area contributed by atoms with Crippen molar-refractivity contribution in [3.8, 4) is 6.07 Å². The van der Waals surface area contributed by atoms with Crippen LogP contribution in [0.25, 0.3) is 0 Å². The minimum Gasteiger partial charge on any atom is -0.297 e. The van der Waals surface area contributed by atoms with Gasteiger partial charge in [0.05, 0.1) is 11.8 Å². The molecule has 0 bridgehead atoms. The zero-order valence-corrected chi connectivity index (χ0v) is 9.39. The first kappa shape index (κ1) is 11.0. The Morgan fingerprint density at radius 2 is 2.38 bits per heavy atom. The smallest absolute Gasteiger partial charge is 0.115 e. The van der Waals surface area contributed by atoms with Crippen LogP contribution in [0.3, 0.4) is 0 Å². The van der Waals surface area contributed by atoms with Crippen molar-refractivity contribution in [2.75, 3.05) is 13.1 Å². The SMILES string of the molecule is N#CCCCCN1CCc2cncnc2C1. The van der Waals surface area contributed by atoms with Crippen molar-refractivity contribution in [1.82, 2.24) is 14.9 Å². The molecule has 2 heterocycles. The summed E-state index contributed by atoms with van der Waals surface area (Å²) < 4.78 is 0. The van der Waals surface area contributed by atoms with E-state index in [1.807, 2.05) is 6.20 Å². The van der Waals surface area contributed by atoms with Crippen LogP contribution in [0.4, 0.5) is 0 Å². The summed E-state index contributed by atoms with van der Waals surface area (Å²) in [5, 5.41) is 8.45. The highest BCUT2D eigenvalue weighted by molar-refractivity contribution is 5.18. The monoisotopic (exact) mass is 216 g/mol. The summed E-state index contributed by atoms with van der Waals surface area (Å²) in [6.45, 7) is 3.10. The van der Waals surface area contributed by atoms with Crippen molar-refractivity contribution in [2.45, 2.75) is 32.2 Å². The van der Waals surface area contributed by atoms with Crippen LogP contribution in [0.5, 0.6) is 0 Å². The fourth-order valence-electron chi connectivity index (χ4n) is 2.03. The normalized spacial score (nSPS) is 15.4. The molecular formula is C12H16N4. The van der Waals surface area contributed by atoms with Crippen LogP contribution in [-0.4, -0.2) is 28.0 Å². The van der Waals surface area contributed by atoms with Gasteiger partial charge in [0, 0.05) is 25.7 Å². The third-order valence-corrected chi connectivity index (χ3v) is 2.96. The molecule has 4 heteroatoms. The molecule has 1 aliphatic rings. The third-order valence-electron chi connectivity index (χ3n) is 2.96. The maximum atomic E-state index is 8.45. The van der Waals surface area contributed by atoms with Gasteiger partial charge < -0.3 is 0 Å². The molecule has 0 spiro atoms. The topological polar surface area (TPSA) is 52.8 Å². The van der Waals surface area contributed by atoms with Crippen LogP contribution in [0.15, 0.2) is 12.5 Å². The second-order valence-electron chi connectivity index (χ2n) is 4.14. The number of hydrogen-bond donors (Lipinski definition) is 0. The Hall–Kier alpha value is -1.47. The van der Waals surface area contributed by atoms with Crippen molar-refractivity contribution in [1.29, 1.82) is 5.26 Å². The highest BCUT2D eigenvalue weighted by atomic mass is 15.1. The molecule has 84 valence electrons. The molecule has 0 atom stereocenters. The Morgan fingerprint density at radius 1 is 1.44 bits per heavy atom. The van der Waals surface area contributed by atoms with E-state index in [0.717, 1.165) is 38.9 Å². The average molecular weight is 216 g/mol. The lowest BCUT2D eigenvalue weighted by atomic mass is 10.1. The van der Waals surface area contributed by atoms with Gasteiger partial charge in [0.1, 0.15) is 6.33 Å². The first-order chi connectivity index (χ1) is 7.90. The van der Waals surface area contributed by atoms with Gasteiger partial charge in [0.25, 0.3) is 0 Å². The number of unbranched alkanes of at least 4 members (excludes halogenated alkanes) is 2. The lowest BCUT2D eigenvalue weighted by molar-refractivity contribution is 0.245. The minimum atomic E-state index is 0.673. The highest BCUT2D eigenvalue weighted by Gasteiger charge is 2.16. The summed E-state index contributed by atoms with van der Waals surface area (Å²) in [6, 6.07) is 2.18. The van der Waals surface area contributed by atoms with Crippen LogP contribution in [0, 0.1) is 11.3 Å². The molecule has 0 unspecified atom stereocenters. The van der Waals surface area contributed by atoms with Gasteiger partial charge in [-0.25, -0.2) is 9.97 Å². The zero-order chi connectivity index (χ0) is 11.2. The van der Waals surface area contributed by atoms with Gasteiger partial charge in [-0.2, -0.15) is 5.26 Å². The van der Waals surface area contributed by atoms with Crippen LogP contribution in [0.2, 0.25) is 0 Å². The van der Waals surface area contributed by atoms with Crippen molar-refractivity contribution in [2.24, 2.45) is 0 Å². The molecule has 0 fully saturated rings. The number of fused-ring (bicyclic) bond motifs is 1. The van der Waals surface area contributed by atoms with Gasteiger partial charge in [-0.1, -0.05) is 0 Å². The van der Waals surface area contributed by atoms with Crippen molar-refractivity contribution in [3.05, 3.63) is 23.8 Å². The summed E-state index contributed by atoms with van der Waals surface area (Å²) in [5.74, 6) is 0. The molecule has 1 aliphatic heterocycles. The predicted molar refractivity (Wildman–Crippen MR) is 60.5 cm³/mol. The van der Waals surface area contributed by atoms with E-state index in [2.05, 4.69) is 20.9 Å². The second kappa shape index (κ2) is 5.57. The highest BCUT2D eigenvalue weighted by Crippen LogP contribution is 2.15. The van der Waals surface area contributed by atoms with E-state index in [1.165, 1.54) is 11.3 Å². The predicted octanol–water partition coefficient (Wildman–Crippen LogP) is 1.53. The number of nitriles is 1. The van der Waals surface area contributed by atoms with E-state index in [1.54, 1.807) is 6.33 Å². The van der Waals surface area contributed by atoms with Gasteiger partial charge in [-0.3, -0.25) is 4.90 Å². The van der Waals surface area contributed by atoms with E-state index in [9.17, 15) is 0 Å². The molecule has 0 radical (unpaired) electrons. The summed E-state index contributed by atoms with van der Waals surface area (Å²) >= 11 is 0. The second-order valence-corrected chi connectivity index (χ2v) is 4.14.